The Kier molecular flexibility index (Phi) is 66.6. The van der Waals surface area contributed by atoms with Gasteiger partial charge in [-0.1, -0.05) is 55.4 Å². The van der Waals surface area contributed by atoms with Crippen molar-refractivity contribution in [3.05, 3.63) is 0 Å². The van der Waals surface area contributed by atoms with Crippen molar-refractivity contribution < 1.29 is 119 Å². The van der Waals surface area contributed by atoms with Crippen molar-refractivity contribution >= 4 is 0 Å². The van der Waals surface area contributed by atoms with Crippen LogP contribution in [0.15, 0.2) is 0 Å². The largest absolute Gasteiger partial charge is 2.00 e. The van der Waals surface area contributed by atoms with Gasteiger partial charge in [-0.3, -0.25) is 0 Å². The fraction of sp³-hybridized carbons (Fsp3) is 1.00. The summed E-state index contributed by atoms with van der Waals surface area (Å²) in [4.78, 5) is 0. The van der Waals surface area contributed by atoms with Gasteiger partial charge in [0.05, 0.1) is 0 Å². The summed E-state index contributed by atoms with van der Waals surface area (Å²) >= 11 is 0. The minimum atomic E-state index is -0.417. The molecule has 114 valence electrons. The van der Waals surface area contributed by atoms with E-state index in [9.17, 15) is 20.4 Å². The van der Waals surface area contributed by atoms with Gasteiger partial charge in [-0.15, -0.1) is 24.4 Å². The van der Waals surface area contributed by atoms with Crippen molar-refractivity contribution in [2.24, 2.45) is 0 Å². The van der Waals surface area contributed by atoms with Crippen LogP contribution in [0.3, 0.4) is 0 Å². The van der Waals surface area contributed by atoms with Gasteiger partial charge in [0.2, 0.25) is 0 Å². The summed E-state index contributed by atoms with van der Waals surface area (Å²) in [6.07, 6.45) is -1.67. The Balaban J connectivity index is -0.0000000257. The number of hydrogen-bond acceptors (Lipinski definition) is 4. The Morgan fingerprint density at radius 2 is 0.389 bits per heavy atom. The van der Waals surface area contributed by atoms with Crippen LogP contribution in [0.4, 0.5) is 0 Å². The minimum absolute atomic E-state index is 0. The third kappa shape index (κ3) is 681. The molecule has 0 aliphatic rings. The fourth-order valence-corrected chi connectivity index (χ4v) is 0. The van der Waals surface area contributed by atoms with Crippen molar-refractivity contribution in [3.8, 4) is 0 Å². The zero-order valence-electron chi connectivity index (χ0n) is 12.7. The van der Waals surface area contributed by atoms with Crippen molar-refractivity contribution in [1.82, 2.24) is 0 Å². The zero-order chi connectivity index (χ0) is 14.3. The summed E-state index contributed by atoms with van der Waals surface area (Å²) in [6.45, 7) is 12.9. The second-order valence-electron chi connectivity index (χ2n) is 4.20. The number of hydrogen-bond donors (Lipinski definition) is 0. The molecule has 2 radical (unpaired) electrons. The van der Waals surface area contributed by atoms with E-state index in [0.717, 1.165) is 0 Å². The topological polar surface area (TPSA) is 92.2 Å². The van der Waals surface area contributed by atoms with Crippen molar-refractivity contribution in [2.75, 3.05) is 0 Å². The summed E-state index contributed by atoms with van der Waals surface area (Å²) in [6, 6.07) is 0. The zero-order valence-corrected chi connectivity index (χ0v) is 17.5. The second-order valence-corrected chi connectivity index (χ2v) is 4.20. The molecule has 0 spiro atoms. The molecule has 0 aliphatic heterocycles. The Morgan fingerprint density at radius 1 is 0.389 bits per heavy atom. The van der Waals surface area contributed by atoms with Gasteiger partial charge in [0.15, 0.2) is 0 Å². The average Bonchev–Trinajstić information content (AvgIpc) is 1.76. The van der Waals surface area contributed by atoms with E-state index in [4.69, 9.17) is 0 Å². The van der Waals surface area contributed by atoms with Gasteiger partial charge in [0, 0.05) is 0 Å². The molecule has 0 unspecified atom stereocenters. The number of rotatable bonds is 0. The molecule has 0 fully saturated rings. The summed E-state index contributed by atoms with van der Waals surface area (Å²) in [7, 11) is 0. The molecule has 0 bridgehead atoms. The molecule has 0 aromatic heterocycles. The van der Waals surface area contributed by atoms with Crippen molar-refractivity contribution in [2.45, 2.75) is 79.8 Å². The summed E-state index contributed by atoms with van der Waals surface area (Å²) < 4.78 is 0. The SMILES string of the molecule is CC(C)[O-].CC(C)[O-].CC(C)[O-].CC(C)[O-].[Eu+2].[Eu+2]. The molecular formula is C12H28Eu2O4. The van der Waals surface area contributed by atoms with Crippen LogP contribution < -0.4 is 20.4 Å². The summed E-state index contributed by atoms with van der Waals surface area (Å²) in [5, 5.41) is 38.1. The Hall–Kier alpha value is 3.01. The Bertz CT molecular complexity index is 65.1. The van der Waals surface area contributed by atoms with Crippen LogP contribution in [0.25, 0.3) is 0 Å². The predicted molar refractivity (Wildman–Crippen MR) is 60.5 cm³/mol. The molecule has 0 aromatic rings. The first-order chi connectivity index (χ1) is 6.93. The maximum Gasteiger partial charge on any atom is 2.00 e. The maximum absolute atomic E-state index is 9.53. The van der Waals surface area contributed by atoms with Gasteiger partial charge in [0.25, 0.3) is 0 Å². The van der Waals surface area contributed by atoms with Crippen molar-refractivity contribution in [3.63, 3.8) is 0 Å². The molecule has 18 heavy (non-hydrogen) atoms. The van der Waals surface area contributed by atoms with Crippen LogP contribution in [0, 0.1) is 98.8 Å². The molecule has 0 N–H and O–H groups in total. The van der Waals surface area contributed by atoms with Gasteiger partial charge in [-0.25, -0.2) is 0 Å². The normalized spacial score (nSPS) is 8.00. The molecule has 0 aliphatic carbocycles. The second kappa shape index (κ2) is 32.1. The van der Waals surface area contributed by atoms with E-state index >= 15 is 0 Å². The van der Waals surface area contributed by atoms with Crippen LogP contribution in [0.2, 0.25) is 0 Å². The van der Waals surface area contributed by atoms with Crippen LogP contribution in [-0.4, -0.2) is 24.4 Å². The van der Waals surface area contributed by atoms with Gasteiger partial charge in [-0.2, -0.15) is 0 Å². The first-order valence-electron chi connectivity index (χ1n) is 5.56. The van der Waals surface area contributed by atoms with Gasteiger partial charge in [-0.05, 0) is 0 Å². The van der Waals surface area contributed by atoms with Gasteiger partial charge < -0.3 is 20.4 Å². The molecule has 0 saturated carbocycles. The monoisotopic (exact) mass is 542 g/mol. The standard InChI is InChI=1S/4C3H7O.2Eu/c4*1-3(2)4;;/h4*3H,1-2H3;;/q4*-1;2*+2. The average molecular weight is 540 g/mol. The molecule has 0 atom stereocenters. The molecule has 0 rings (SSSR count). The van der Waals surface area contributed by atoms with E-state index in [1.807, 2.05) is 0 Å². The molecular weight excluding hydrogens is 512 g/mol. The maximum atomic E-state index is 9.53. The molecule has 0 heterocycles. The quantitative estimate of drug-likeness (QED) is 0.395. The van der Waals surface area contributed by atoms with Crippen LogP contribution >= 0.6 is 0 Å². The smallest absolute Gasteiger partial charge is 0.852 e. The summed E-state index contributed by atoms with van der Waals surface area (Å²) in [5.74, 6) is 0. The molecule has 4 nitrogen and oxygen atoms in total. The fourth-order valence-electron chi connectivity index (χ4n) is 0. The predicted octanol–water partition coefficient (Wildman–Crippen LogP) is -0.980. The molecule has 0 amide bonds. The van der Waals surface area contributed by atoms with E-state index in [1.165, 1.54) is 0 Å². The molecule has 0 aromatic carbocycles. The first kappa shape index (κ1) is 37.3. The van der Waals surface area contributed by atoms with Crippen molar-refractivity contribution in [1.29, 1.82) is 0 Å². The molecule has 0 saturated heterocycles. The van der Waals surface area contributed by atoms with Gasteiger partial charge in [0.1, 0.15) is 0 Å². The Morgan fingerprint density at radius 3 is 0.389 bits per heavy atom. The third-order valence-electron chi connectivity index (χ3n) is 0. The van der Waals surface area contributed by atoms with E-state index in [-0.39, 0.29) is 98.8 Å². The first-order valence-corrected chi connectivity index (χ1v) is 5.56. The molecule has 6 heteroatoms. The van der Waals surface area contributed by atoms with Crippen LogP contribution in [0.5, 0.6) is 0 Å². The van der Waals surface area contributed by atoms with E-state index in [1.54, 1.807) is 55.4 Å². The van der Waals surface area contributed by atoms with Crippen LogP contribution in [0.1, 0.15) is 55.4 Å². The van der Waals surface area contributed by atoms with Gasteiger partial charge >= 0.3 is 98.8 Å². The third-order valence-corrected chi connectivity index (χ3v) is 0. The minimum Gasteiger partial charge on any atom is -0.852 e. The van der Waals surface area contributed by atoms with E-state index in [0.29, 0.717) is 0 Å². The van der Waals surface area contributed by atoms with Crippen LogP contribution in [-0.2, 0) is 0 Å². The van der Waals surface area contributed by atoms with E-state index < -0.39 is 24.4 Å². The Labute approximate surface area is 195 Å². The summed E-state index contributed by atoms with van der Waals surface area (Å²) in [5.41, 5.74) is 0. The van der Waals surface area contributed by atoms with E-state index in [2.05, 4.69) is 0 Å².